The summed E-state index contributed by atoms with van der Waals surface area (Å²) in [7, 11) is 1.69. The van der Waals surface area contributed by atoms with Crippen molar-refractivity contribution in [3.63, 3.8) is 0 Å². The number of rotatable bonds is 6. The Kier molecular flexibility index (Phi) is 6.50. The second-order valence-corrected chi connectivity index (χ2v) is 5.01. The molecule has 0 unspecified atom stereocenters. The van der Waals surface area contributed by atoms with Crippen LogP contribution in [0.25, 0.3) is 0 Å². The molecule has 0 amide bonds. The van der Waals surface area contributed by atoms with Gasteiger partial charge in [0.15, 0.2) is 5.96 Å². The van der Waals surface area contributed by atoms with Gasteiger partial charge in [-0.2, -0.15) is 0 Å². The lowest BCUT2D eigenvalue weighted by Gasteiger charge is -2.12. The standard InChI is InChI=1S/C17H21FN4O/c1-19-17(21-9-7-15-4-2-3-8-20-15)22-11-13-5-6-16(18)14(10-13)12-23/h2-6,8,10,23H,7,9,11-12H2,1H3,(H2,19,21,22). The molecule has 0 bridgehead atoms. The van der Waals surface area contributed by atoms with Crippen LogP contribution in [0.4, 0.5) is 4.39 Å². The Bertz CT molecular complexity index is 646. The lowest BCUT2D eigenvalue weighted by Crippen LogP contribution is -2.37. The van der Waals surface area contributed by atoms with Crippen molar-refractivity contribution < 1.29 is 9.50 Å². The molecule has 2 rings (SSSR count). The maximum Gasteiger partial charge on any atom is 0.191 e. The molecule has 0 radical (unpaired) electrons. The predicted molar refractivity (Wildman–Crippen MR) is 88.5 cm³/mol. The van der Waals surface area contributed by atoms with Gasteiger partial charge in [-0.1, -0.05) is 12.1 Å². The summed E-state index contributed by atoms with van der Waals surface area (Å²) in [5, 5.41) is 15.4. The minimum absolute atomic E-state index is 0.294. The van der Waals surface area contributed by atoms with Crippen molar-refractivity contribution in [1.82, 2.24) is 15.6 Å². The van der Waals surface area contributed by atoms with E-state index in [1.807, 2.05) is 18.2 Å². The highest BCUT2D eigenvalue weighted by atomic mass is 19.1. The van der Waals surface area contributed by atoms with Crippen LogP contribution < -0.4 is 10.6 Å². The van der Waals surface area contributed by atoms with Crippen LogP contribution in [0.15, 0.2) is 47.6 Å². The number of aliphatic imine (C=N–C) groups is 1. The summed E-state index contributed by atoms with van der Waals surface area (Å²) in [5.41, 5.74) is 2.19. The summed E-state index contributed by atoms with van der Waals surface area (Å²) >= 11 is 0. The summed E-state index contributed by atoms with van der Waals surface area (Å²) in [6.07, 6.45) is 2.57. The molecule has 2 aromatic rings. The molecule has 0 saturated heterocycles. The molecule has 0 aliphatic heterocycles. The van der Waals surface area contributed by atoms with Gasteiger partial charge in [-0.05, 0) is 29.8 Å². The summed E-state index contributed by atoms with van der Waals surface area (Å²) in [4.78, 5) is 8.41. The second-order valence-electron chi connectivity index (χ2n) is 5.01. The number of guanidine groups is 1. The third kappa shape index (κ3) is 5.34. The average Bonchev–Trinajstić information content (AvgIpc) is 2.60. The van der Waals surface area contributed by atoms with Crippen molar-refractivity contribution in [3.8, 4) is 0 Å². The summed E-state index contributed by atoms with van der Waals surface area (Å²) < 4.78 is 13.3. The van der Waals surface area contributed by atoms with E-state index in [0.717, 1.165) is 17.7 Å². The number of pyridine rings is 1. The van der Waals surface area contributed by atoms with E-state index < -0.39 is 5.82 Å². The van der Waals surface area contributed by atoms with E-state index in [0.29, 0.717) is 24.6 Å². The molecule has 0 spiro atoms. The highest BCUT2D eigenvalue weighted by molar-refractivity contribution is 5.79. The minimum Gasteiger partial charge on any atom is -0.392 e. The van der Waals surface area contributed by atoms with Crippen molar-refractivity contribution in [1.29, 1.82) is 0 Å². The van der Waals surface area contributed by atoms with E-state index in [2.05, 4.69) is 20.6 Å². The number of hydrogen-bond donors (Lipinski definition) is 3. The summed E-state index contributed by atoms with van der Waals surface area (Å²) in [5.74, 6) is 0.268. The average molecular weight is 316 g/mol. The van der Waals surface area contributed by atoms with Gasteiger partial charge in [-0.15, -0.1) is 0 Å². The van der Waals surface area contributed by atoms with Gasteiger partial charge in [-0.25, -0.2) is 4.39 Å². The van der Waals surface area contributed by atoms with Crippen LogP contribution >= 0.6 is 0 Å². The highest BCUT2D eigenvalue weighted by Gasteiger charge is 2.04. The minimum atomic E-state index is -0.394. The molecular formula is C17H21FN4O. The number of aliphatic hydroxyl groups is 1. The van der Waals surface area contributed by atoms with Gasteiger partial charge in [0, 0.05) is 44.0 Å². The monoisotopic (exact) mass is 316 g/mol. The number of hydrogen-bond acceptors (Lipinski definition) is 3. The zero-order valence-electron chi connectivity index (χ0n) is 13.1. The topological polar surface area (TPSA) is 69.5 Å². The van der Waals surface area contributed by atoms with Crippen LogP contribution in [0.3, 0.4) is 0 Å². The maximum atomic E-state index is 13.3. The summed E-state index contributed by atoms with van der Waals surface area (Å²) in [6.45, 7) is 0.898. The number of halogens is 1. The van der Waals surface area contributed by atoms with Crippen LogP contribution in [0.2, 0.25) is 0 Å². The molecule has 122 valence electrons. The molecule has 1 heterocycles. The largest absolute Gasteiger partial charge is 0.392 e. The first-order chi connectivity index (χ1) is 11.2. The van der Waals surface area contributed by atoms with Crippen LogP contribution in [-0.2, 0) is 19.6 Å². The number of nitrogens with one attached hydrogen (secondary N) is 2. The molecule has 0 fully saturated rings. The zero-order valence-corrected chi connectivity index (χ0v) is 13.1. The van der Waals surface area contributed by atoms with Crippen LogP contribution in [-0.4, -0.2) is 29.6 Å². The Labute approximate surface area is 135 Å². The van der Waals surface area contributed by atoms with E-state index in [1.54, 1.807) is 25.4 Å². The molecule has 0 aliphatic carbocycles. The van der Waals surface area contributed by atoms with Crippen molar-refractivity contribution in [3.05, 3.63) is 65.2 Å². The van der Waals surface area contributed by atoms with Crippen LogP contribution in [0.1, 0.15) is 16.8 Å². The van der Waals surface area contributed by atoms with E-state index in [1.165, 1.54) is 6.07 Å². The fourth-order valence-electron chi connectivity index (χ4n) is 2.12. The number of aromatic nitrogens is 1. The maximum absolute atomic E-state index is 13.3. The molecule has 5 nitrogen and oxygen atoms in total. The molecule has 0 atom stereocenters. The first kappa shape index (κ1) is 16.9. The Balaban J connectivity index is 1.81. The third-order valence-corrected chi connectivity index (χ3v) is 3.36. The van der Waals surface area contributed by atoms with E-state index in [9.17, 15) is 4.39 Å². The van der Waals surface area contributed by atoms with Crippen molar-refractivity contribution in [2.24, 2.45) is 4.99 Å². The van der Waals surface area contributed by atoms with Gasteiger partial charge in [0.1, 0.15) is 5.82 Å². The number of benzene rings is 1. The molecule has 6 heteroatoms. The molecule has 23 heavy (non-hydrogen) atoms. The molecule has 3 N–H and O–H groups in total. The molecule has 1 aromatic carbocycles. The zero-order chi connectivity index (χ0) is 16.5. The van der Waals surface area contributed by atoms with Gasteiger partial charge >= 0.3 is 0 Å². The number of nitrogens with zero attached hydrogens (tertiary/aromatic N) is 2. The van der Waals surface area contributed by atoms with Gasteiger partial charge in [0.05, 0.1) is 6.61 Å². The Morgan fingerprint density at radius 3 is 2.83 bits per heavy atom. The van der Waals surface area contributed by atoms with Gasteiger partial charge in [-0.3, -0.25) is 9.98 Å². The number of aliphatic hydroxyl groups excluding tert-OH is 1. The van der Waals surface area contributed by atoms with E-state index in [-0.39, 0.29) is 6.61 Å². The normalized spacial score (nSPS) is 11.3. The molecular weight excluding hydrogens is 295 g/mol. The molecule has 0 aliphatic rings. The SMILES string of the molecule is CN=C(NCCc1ccccn1)NCc1ccc(F)c(CO)c1. The van der Waals surface area contributed by atoms with E-state index >= 15 is 0 Å². The Morgan fingerprint density at radius 1 is 1.26 bits per heavy atom. The fourth-order valence-corrected chi connectivity index (χ4v) is 2.12. The van der Waals surface area contributed by atoms with Crippen LogP contribution in [0.5, 0.6) is 0 Å². The van der Waals surface area contributed by atoms with Crippen LogP contribution in [0, 0.1) is 5.82 Å². The third-order valence-electron chi connectivity index (χ3n) is 3.36. The fraction of sp³-hybridized carbons (Fsp3) is 0.294. The Hall–Kier alpha value is -2.47. The quantitative estimate of drug-likeness (QED) is 0.559. The lowest BCUT2D eigenvalue weighted by molar-refractivity contribution is 0.275. The van der Waals surface area contributed by atoms with E-state index in [4.69, 9.17) is 5.11 Å². The van der Waals surface area contributed by atoms with Crippen molar-refractivity contribution in [2.75, 3.05) is 13.6 Å². The first-order valence-electron chi connectivity index (χ1n) is 7.45. The van der Waals surface area contributed by atoms with Crippen molar-refractivity contribution in [2.45, 2.75) is 19.6 Å². The predicted octanol–water partition coefficient (Wildman–Crippen LogP) is 1.62. The lowest BCUT2D eigenvalue weighted by atomic mass is 10.1. The van der Waals surface area contributed by atoms with Crippen molar-refractivity contribution >= 4 is 5.96 Å². The summed E-state index contributed by atoms with van der Waals surface area (Å²) in [6, 6.07) is 10.5. The Morgan fingerprint density at radius 2 is 2.13 bits per heavy atom. The smallest absolute Gasteiger partial charge is 0.191 e. The highest BCUT2D eigenvalue weighted by Crippen LogP contribution is 2.10. The first-order valence-corrected chi connectivity index (χ1v) is 7.45. The second kappa shape index (κ2) is 8.85. The van der Waals surface area contributed by atoms with Gasteiger partial charge in [0.25, 0.3) is 0 Å². The van der Waals surface area contributed by atoms with Gasteiger partial charge < -0.3 is 15.7 Å². The van der Waals surface area contributed by atoms with Gasteiger partial charge in [0.2, 0.25) is 0 Å². The molecule has 1 aromatic heterocycles. The molecule has 0 saturated carbocycles.